The molecule has 0 saturated carbocycles. The molecule has 1 aromatic heterocycles. The highest BCUT2D eigenvalue weighted by Gasteiger charge is 2.13. The summed E-state index contributed by atoms with van der Waals surface area (Å²) in [5.41, 5.74) is 0.948. The van der Waals surface area contributed by atoms with Crippen LogP contribution < -0.4 is 4.74 Å². The van der Waals surface area contributed by atoms with Crippen molar-refractivity contribution in [3.8, 4) is 11.4 Å². The van der Waals surface area contributed by atoms with Gasteiger partial charge in [-0.3, -0.25) is 0 Å². The molecular formula is C14H15NO3. The van der Waals surface area contributed by atoms with E-state index in [1.54, 1.807) is 22.9 Å². The van der Waals surface area contributed by atoms with Crippen molar-refractivity contribution in [2.45, 2.75) is 20.0 Å². The smallest absolute Gasteiger partial charge is 0.352 e. The van der Waals surface area contributed by atoms with E-state index in [9.17, 15) is 4.79 Å². The van der Waals surface area contributed by atoms with Gasteiger partial charge < -0.3 is 14.4 Å². The maximum Gasteiger partial charge on any atom is 0.352 e. The molecule has 0 aliphatic carbocycles. The number of nitrogens with zero attached hydrogens (tertiary/aromatic N) is 1. The Morgan fingerprint density at radius 1 is 1.22 bits per heavy atom. The van der Waals surface area contributed by atoms with Crippen molar-refractivity contribution in [1.82, 2.24) is 4.57 Å². The molecule has 0 spiro atoms. The second-order valence-corrected chi connectivity index (χ2v) is 4.20. The van der Waals surface area contributed by atoms with Gasteiger partial charge in [0.15, 0.2) is 0 Å². The first-order chi connectivity index (χ1) is 8.59. The maximum absolute atomic E-state index is 11.1. The van der Waals surface area contributed by atoms with E-state index in [2.05, 4.69) is 0 Å². The van der Waals surface area contributed by atoms with E-state index >= 15 is 0 Å². The lowest BCUT2D eigenvalue weighted by Crippen LogP contribution is -2.10. The normalized spacial score (nSPS) is 10.6. The Labute approximate surface area is 105 Å². The molecule has 0 amide bonds. The van der Waals surface area contributed by atoms with Crippen molar-refractivity contribution >= 4 is 5.97 Å². The minimum absolute atomic E-state index is 0.0370. The van der Waals surface area contributed by atoms with Crippen LogP contribution in [0, 0.1) is 0 Å². The molecule has 4 nitrogen and oxygen atoms in total. The van der Waals surface area contributed by atoms with Crippen LogP contribution in [0.1, 0.15) is 24.3 Å². The monoisotopic (exact) mass is 245 g/mol. The molecule has 0 aliphatic rings. The predicted molar refractivity (Wildman–Crippen MR) is 68.5 cm³/mol. The van der Waals surface area contributed by atoms with E-state index < -0.39 is 5.97 Å². The Morgan fingerprint density at radius 3 is 2.61 bits per heavy atom. The van der Waals surface area contributed by atoms with E-state index in [-0.39, 0.29) is 11.8 Å². The number of carboxylic acids is 1. The molecule has 1 heterocycles. The maximum atomic E-state index is 11.1. The molecule has 2 rings (SSSR count). The van der Waals surface area contributed by atoms with Crippen LogP contribution >= 0.6 is 0 Å². The SMILES string of the molecule is CC(C)Oc1ccccc1-n1cccc1C(=O)O. The molecule has 0 atom stereocenters. The van der Waals surface area contributed by atoms with Crippen molar-refractivity contribution in [1.29, 1.82) is 0 Å². The van der Waals surface area contributed by atoms with Gasteiger partial charge in [-0.05, 0) is 38.1 Å². The van der Waals surface area contributed by atoms with Crippen molar-refractivity contribution in [2.75, 3.05) is 0 Å². The molecule has 2 aromatic rings. The third kappa shape index (κ3) is 2.37. The molecule has 0 fully saturated rings. The van der Waals surface area contributed by atoms with Crippen LogP contribution in [0.3, 0.4) is 0 Å². The molecule has 0 unspecified atom stereocenters. The Balaban J connectivity index is 2.50. The van der Waals surface area contributed by atoms with Gasteiger partial charge in [0.05, 0.1) is 11.8 Å². The molecule has 4 heteroatoms. The van der Waals surface area contributed by atoms with Crippen LogP contribution in [0.5, 0.6) is 5.75 Å². The zero-order chi connectivity index (χ0) is 13.1. The predicted octanol–water partition coefficient (Wildman–Crippen LogP) is 2.96. The van der Waals surface area contributed by atoms with Gasteiger partial charge in [-0.15, -0.1) is 0 Å². The lowest BCUT2D eigenvalue weighted by atomic mass is 10.2. The third-order valence-corrected chi connectivity index (χ3v) is 2.46. The summed E-state index contributed by atoms with van der Waals surface area (Å²) < 4.78 is 7.30. The molecular weight excluding hydrogens is 230 g/mol. The number of carboxylic acid groups (broad SMARTS) is 1. The van der Waals surface area contributed by atoms with Gasteiger partial charge >= 0.3 is 5.97 Å². The standard InChI is InChI=1S/C14H15NO3/c1-10(2)18-13-8-4-3-6-11(13)15-9-5-7-12(15)14(16)17/h3-10H,1-2H3,(H,16,17). The average Bonchev–Trinajstić information content (AvgIpc) is 2.77. The van der Waals surface area contributed by atoms with Crippen LogP contribution in [-0.4, -0.2) is 21.7 Å². The van der Waals surface area contributed by atoms with Crippen LogP contribution in [0.2, 0.25) is 0 Å². The molecule has 0 radical (unpaired) electrons. The highest BCUT2D eigenvalue weighted by molar-refractivity contribution is 5.86. The zero-order valence-corrected chi connectivity index (χ0v) is 10.3. The van der Waals surface area contributed by atoms with Gasteiger partial charge in [0, 0.05) is 6.20 Å². The Kier molecular flexibility index (Phi) is 3.37. The minimum Gasteiger partial charge on any atom is -0.489 e. The Hall–Kier alpha value is -2.23. The summed E-state index contributed by atoms with van der Waals surface area (Å²) in [6, 6.07) is 10.7. The largest absolute Gasteiger partial charge is 0.489 e. The Morgan fingerprint density at radius 2 is 1.94 bits per heavy atom. The molecule has 94 valence electrons. The van der Waals surface area contributed by atoms with Crippen molar-refractivity contribution < 1.29 is 14.6 Å². The van der Waals surface area contributed by atoms with Crippen LogP contribution in [0.4, 0.5) is 0 Å². The number of carbonyl (C=O) groups is 1. The second-order valence-electron chi connectivity index (χ2n) is 4.20. The summed E-state index contributed by atoms with van der Waals surface area (Å²) in [6.45, 7) is 3.87. The van der Waals surface area contributed by atoms with Crippen molar-refractivity contribution in [3.05, 3.63) is 48.3 Å². The number of rotatable bonds is 4. The number of benzene rings is 1. The fraction of sp³-hybridized carbons (Fsp3) is 0.214. The number of aromatic carboxylic acids is 1. The average molecular weight is 245 g/mol. The number of ether oxygens (including phenoxy) is 1. The molecule has 18 heavy (non-hydrogen) atoms. The van der Waals surface area contributed by atoms with E-state index in [1.165, 1.54) is 0 Å². The second kappa shape index (κ2) is 4.96. The molecule has 0 bridgehead atoms. The van der Waals surface area contributed by atoms with Gasteiger partial charge in [0.25, 0.3) is 0 Å². The van der Waals surface area contributed by atoms with Gasteiger partial charge in [-0.25, -0.2) is 4.79 Å². The summed E-state index contributed by atoms with van der Waals surface area (Å²) in [5.74, 6) is -0.287. The summed E-state index contributed by atoms with van der Waals surface area (Å²) in [5, 5.41) is 9.13. The van der Waals surface area contributed by atoms with Crippen LogP contribution in [-0.2, 0) is 0 Å². The summed E-state index contributed by atoms with van der Waals surface area (Å²) in [4.78, 5) is 11.1. The Bertz CT molecular complexity index is 558. The quantitative estimate of drug-likeness (QED) is 0.900. The summed E-state index contributed by atoms with van der Waals surface area (Å²) in [6.07, 6.45) is 1.75. The van der Waals surface area contributed by atoms with Crippen molar-refractivity contribution in [2.24, 2.45) is 0 Å². The third-order valence-electron chi connectivity index (χ3n) is 2.46. The van der Waals surface area contributed by atoms with Gasteiger partial charge in [0.1, 0.15) is 11.4 Å². The fourth-order valence-corrected chi connectivity index (χ4v) is 1.78. The van der Waals surface area contributed by atoms with Crippen LogP contribution in [0.25, 0.3) is 5.69 Å². The fourth-order valence-electron chi connectivity index (χ4n) is 1.78. The van der Waals surface area contributed by atoms with E-state index in [0.29, 0.717) is 5.75 Å². The first-order valence-electron chi connectivity index (χ1n) is 5.76. The highest BCUT2D eigenvalue weighted by atomic mass is 16.5. The molecule has 1 aromatic carbocycles. The topological polar surface area (TPSA) is 51.5 Å². The number of aromatic nitrogens is 1. The lowest BCUT2D eigenvalue weighted by molar-refractivity contribution is 0.0688. The first kappa shape index (κ1) is 12.2. The highest BCUT2D eigenvalue weighted by Crippen LogP contribution is 2.25. The molecule has 1 N–H and O–H groups in total. The van der Waals surface area contributed by atoms with Crippen LogP contribution in [0.15, 0.2) is 42.6 Å². The van der Waals surface area contributed by atoms with Crippen molar-refractivity contribution in [3.63, 3.8) is 0 Å². The number of hydrogen-bond acceptors (Lipinski definition) is 2. The first-order valence-corrected chi connectivity index (χ1v) is 5.76. The van der Waals surface area contributed by atoms with E-state index in [0.717, 1.165) is 5.69 Å². The minimum atomic E-state index is -0.959. The lowest BCUT2D eigenvalue weighted by Gasteiger charge is -2.15. The summed E-state index contributed by atoms with van der Waals surface area (Å²) in [7, 11) is 0. The summed E-state index contributed by atoms with van der Waals surface area (Å²) >= 11 is 0. The van der Waals surface area contributed by atoms with E-state index in [1.807, 2.05) is 38.1 Å². The van der Waals surface area contributed by atoms with E-state index in [4.69, 9.17) is 9.84 Å². The number of para-hydroxylation sites is 2. The van der Waals surface area contributed by atoms with Gasteiger partial charge in [0.2, 0.25) is 0 Å². The zero-order valence-electron chi connectivity index (χ0n) is 10.3. The number of hydrogen-bond donors (Lipinski definition) is 1. The molecule has 0 aliphatic heterocycles. The van der Waals surface area contributed by atoms with Gasteiger partial charge in [-0.1, -0.05) is 12.1 Å². The molecule has 0 saturated heterocycles. The van der Waals surface area contributed by atoms with Gasteiger partial charge in [-0.2, -0.15) is 0 Å².